The van der Waals surface area contributed by atoms with Gasteiger partial charge in [0, 0.05) is 25.7 Å². The summed E-state index contributed by atoms with van der Waals surface area (Å²) >= 11 is 0. The van der Waals surface area contributed by atoms with Crippen LogP contribution in [0.2, 0.25) is 0 Å². The summed E-state index contributed by atoms with van der Waals surface area (Å²) in [5, 5.41) is 6.34. The first kappa shape index (κ1) is 13.4. The van der Waals surface area contributed by atoms with Crippen molar-refractivity contribution >= 4 is 17.4 Å². The van der Waals surface area contributed by atoms with Crippen LogP contribution in [0.25, 0.3) is 0 Å². The molecule has 0 aromatic carbocycles. The summed E-state index contributed by atoms with van der Waals surface area (Å²) in [7, 11) is 0. The molecule has 108 valence electrons. The quantitative estimate of drug-likeness (QED) is 0.876. The van der Waals surface area contributed by atoms with Gasteiger partial charge in [-0.2, -0.15) is 0 Å². The van der Waals surface area contributed by atoms with E-state index in [2.05, 4.69) is 20.5 Å². The van der Waals surface area contributed by atoms with Crippen molar-refractivity contribution in [1.82, 2.24) is 10.3 Å². The van der Waals surface area contributed by atoms with Gasteiger partial charge in [0.2, 0.25) is 5.91 Å². The van der Waals surface area contributed by atoms with Crippen LogP contribution in [0.15, 0.2) is 18.3 Å². The standard InChI is InChI=1S/C15H22N4O/c20-14(10-12-5-7-16-11-12)18-13-4-3-6-17-15(13)19-8-1-2-9-19/h3-4,6,12,16H,1-2,5,7-11H2,(H,18,20). The van der Waals surface area contributed by atoms with Crippen molar-refractivity contribution in [2.45, 2.75) is 25.7 Å². The minimum absolute atomic E-state index is 0.104. The van der Waals surface area contributed by atoms with Crippen LogP contribution in [0.4, 0.5) is 11.5 Å². The highest BCUT2D eigenvalue weighted by molar-refractivity contribution is 5.93. The van der Waals surface area contributed by atoms with E-state index >= 15 is 0 Å². The fraction of sp³-hybridized carbons (Fsp3) is 0.600. The number of hydrogen-bond acceptors (Lipinski definition) is 4. The number of nitrogens with one attached hydrogen (secondary N) is 2. The van der Waals surface area contributed by atoms with E-state index < -0.39 is 0 Å². The molecule has 3 heterocycles. The molecule has 2 aliphatic heterocycles. The second-order valence-corrected chi connectivity index (χ2v) is 5.68. The van der Waals surface area contributed by atoms with Gasteiger partial charge in [0.25, 0.3) is 0 Å². The largest absolute Gasteiger partial charge is 0.355 e. The summed E-state index contributed by atoms with van der Waals surface area (Å²) in [4.78, 5) is 18.9. The number of amides is 1. The zero-order valence-electron chi connectivity index (χ0n) is 11.8. The van der Waals surface area contributed by atoms with E-state index in [4.69, 9.17) is 0 Å². The Morgan fingerprint density at radius 2 is 2.30 bits per heavy atom. The smallest absolute Gasteiger partial charge is 0.224 e. The van der Waals surface area contributed by atoms with Gasteiger partial charge in [-0.25, -0.2) is 4.98 Å². The summed E-state index contributed by atoms with van der Waals surface area (Å²) in [6, 6.07) is 3.83. The van der Waals surface area contributed by atoms with Gasteiger partial charge in [-0.05, 0) is 50.4 Å². The molecule has 5 heteroatoms. The Kier molecular flexibility index (Phi) is 4.16. The minimum atomic E-state index is 0.104. The maximum absolute atomic E-state index is 12.2. The van der Waals surface area contributed by atoms with Crippen LogP contribution in [0, 0.1) is 5.92 Å². The van der Waals surface area contributed by atoms with Crippen LogP contribution in [0.3, 0.4) is 0 Å². The lowest BCUT2D eigenvalue weighted by molar-refractivity contribution is -0.116. The van der Waals surface area contributed by atoms with E-state index in [9.17, 15) is 4.79 Å². The summed E-state index contributed by atoms with van der Waals surface area (Å²) < 4.78 is 0. The Hall–Kier alpha value is -1.62. The van der Waals surface area contributed by atoms with Gasteiger partial charge in [-0.3, -0.25) is 4.79 Å². The fourth-order valence-corrected chi connectivity index (χ4v) is 3.03. The Labute approximate surface area is 119 Å². The van der Waals surface area contributed by atoms with Crippen molar-refractivity contribution in [2.75, 3.05) is 36.4 Å². The van der Waals surface area contributed by atoms with E-state index in [1.165, 1.54) is 12.8 Å². The van der Waals surface area contributed by atoms with Crippen molar-refractivity contribution in [3.05, 3.63) is 18.3 Å². The van der Waals surface area contributed by atoms with Crippen molar-refractivity contribution in [2.24, 2.45) is 5.92 Å². The molecule has 3 rings (SSSR count). The highest BCUT2D eigenvalue weighted by atomic mass is 16.1. The molecule has 0 aliphatic carbocycles. The molecule has 5 nitrogen and oxygen atoms in total. The monoisotopic (exact) mass is 274 g/mol. The normalized spacial score (nSPS) is 22.2. The van der Waals surface area contributed by atoms with Crippen molar-refractivity contribution in [3.63, 3.8) is 0 Å². The van der Waals surface area contributed by atoms with Crippen LogP contribution in [0.1, 0.15) is 25.7 Å². The highest BCUT2D eigenvalue weighted by Gasteiger charge is 2.21. The molecule has 0 radical (unpaired) electrons. The topological polar surface area (TPSA) is 57.3 Å². The SMILES string of the molecule is O=C(CC1CCNC1)Nc1cccnc1N1CCCC1. The number of anilines is 2. The van der Waals surface area contributed by atoms with Crippen molar-refractivity contribution in [3.8, 4) is 0 Å². The molecule has 0 bridgehead atoms. The number of nitrogens with zero attached hydrogens (tertiary/aromatic N) is 2. The summed E-state index contributed by atoms with van der Waals surface area (Å²) in [5.74, 6) is 1.50. The van der Waals surface area contributed by atoms with E-state index in [0.717, 1.165) is 44.1 Å². The van der Waals surface area contributed by atoms with Gasteiger partial charge in [0.1, 0.15) is 0 Å². The number of aromatic nitrogens is 1. The third-order valence-electron chi connectivity index (χ3n) is 4.10. The third-order valence-corrected chi connectivity index (χ3v) is 4.10. The summed E-state index contributed by atoms with van der Waals surface area (Å²) in [5.41, 5.74) is 0.852. The Bertz CT molecular complexity index is 465. The number of rotatable bonds is 4. The first-order valence-electron chi connectivity index (χ1n) is 7.53. The summed E-state index contributed by atoms with van der Waals surface area (Å²) in [6.45, 7) is 4.06. The molecule has 2 fully saturated rings. The van der Waals surface area contributed by atoms with Crippen molar-refractivity contribution in [1.29, 1.82) is 0 Å². The summed E-state index contributed by atoms with van der Waals surface area (Å²) in [6.07, 6.45) is 5.90. The molecular formula is C15H22N4O. The lowest BCUT2D eigenvalue weighted by Crippen LogP contribution is -2.23. The van der Waals surface area contributed by atoms with E-state index in [-0.39, 0.29) is 5.91 Å². The first-order valence-corrected chi connectivity index (χ1v) is 7.53. The second-order valence-electron chi connectivity index (χ2n) is 5.68. The van der Waals surface area contributed by atoms with Gasteiger partial charge in [0.15, 0.2) is 5.82 Å². The van der Waals surface area contributed by atoms with Crippen LogP contribution >= 0.6 is 0 Å². The van der Waals surface area contributed by atoms with Gasteiger partial charge >= 0.3 is 0 Å². The Balaban J connectivity index is 1.65. The first-order chi connectivity index (χ1) is 9.83. The molecule has 20 heavy (non-hydrogen) atoms. The Morgan fingerprint density at radius 3 is 3.05 bits per heavy atom. The van der Waals surface area contributed by atoms with E-state index in [1.54, 1.807) is 6.20 Å². The second kappa shape index (κ2) is 6.22. The number of pyridine rings is 1. The average Bonchev–Trinajstić information content (AvgIpc) is 3.11. The van der Waals surface area contributed by atoms with Crippen LogP contribution in [0.5, 0.6) is 0 Å². The number of hydrogen-bond donors (Lipinski definition) is 2. The van der Waals surface area contributed by atoms with Crippen LogP contribution < -0.4 is 15.5 Å². The molecule has 1 atom stereocenters. The van der Waals surface area contributed by atoms with E-state index in [1.807, 2.05) is 12.1 Å². The molecule has 2 N–H and O–H groups in total. The predicted octanol–water partition coefficient (Wildman–Crippen LogP) is 1.62. The molecule has 2 saturated heterocycles. The number of carbonyl (C=O) groups is 1. The third kappa shape index (κ3) is 3.10. The van der Waals surface area contributed by atoms with E-state index in [0.29, 0.717) is 12.3 Å². The molecule has 1 unspecified atom stereocenters. The predicted molar refractivity (Wildman–Crippen MR) is 79.9 cm³/mol. The van der Waals surface area contributed by atoms with Crippen molar-refractivity contribution < 1.29 is 4.79 Å². The van der Waals surface area contributed by atoms with Gasteiger partial charge in [-0.1, -0.05) is 0 Å². The Morgan fingerprint density at radius 1 is 1.45 bits per heavy atom. The van der Waals surface area contributed by atoms with Crippen LogP contribution in [-0.2, 0) is 4.79 Å². The molecule has 0 spiro atoms. The molecule has 0 saturated carbocycles. The molecule has 1 aromatic heterocycles. The molecule has 1 amide bonds. The zero-order valence-corrected chi connectivity index (χ0v) is 11.8. The number of carbonyl (C=O) groups excluding carboxylic acids is 1. The zero-order chi connectivity index (χ0) is 13.8. The maximum Gasteiger partial charge on any atom is 0.224 e. The molecule has 2 aliphatic rings. The fourth-order valence-electron chi connectivity index (χ4n) is 3.03. The van der Waals surface area contributed by atoms with Crippen LogP contribution in [-0.4, -0.2) is 37.1 Å². The molecule has 1 aromatic rings. The van der Waals surface area contributed by atoms with Gasteiger partial charge < -0.3 is 15.5 Å². The lowest BCUT2D eigenvalue weighted by Gasteiger charge is -2.20. The van der Waals surface area contributed by atoms with Gasteiger partial charge in [0.05, 0.1) is 5.69 Å². The van der Waals surface area contributed by atoms with Gasteiger partial charge in [-0.15, -0.1) is 0 Å². The lowest BCUT2D eigenvalue weighted by atomic mass is 10.0. The average molecular weight is 274 g/mol. The molecular weight excluding hydrogens is 252 g/mol. The highest BCUT2D eigenvalue weighted by Crippen LogP contribution is 2.26. The minimum Gasteiger partial charge on any atom is -0.355 e. The maximum atomic E-state index is 12.2.